The van der Waals surface area contributed by atoms with Gasteiger partial charge >= 0.3 is 5.63 Å². The van der Waals surface area contributed by atoms with Gasteiger partial charge in [0.15, 0.2) is 0 Å². The predicted molar refractivity (Wildman–Crippen MR) is 107 cm³/mol. The highest BCUT2D eigenvalue weighted by molar-refractivity contribution is 5.85. The average Bonchev–Trinajstić information content (AvgIpc) is 2.68. The largest absolute Gasteiger partial charge is 0.478 e. The summed E-state index contributed by atoms with van der Waals surface area (Å²) < 4.78 is 11.6. The zero-order valence-electron chi connectivity index (χ0n) is 15.9. The second-order valence-corrected chi connectivity index (χ2v) is 7.36. The van der Waals surface area contributed by atoms with Crippen LogP contribution in [0.1, 0.15) is 42.9 Å². The maximum Gasteiger partial charge on any atom is 0.336 e. The van der Waals surface area contributed by atoms with Crippen LogP contribution >= 0.6 is 0 Å². The van der Waals surface area contributed by atoms with Gasteiger partial charge in [-0.1, -0.05) is 50.6 Å². The number of benzene rings is 2. The lowest BCUT2D eigenvalue weighted by Gasteiger charge is -2.31. The van der Waals surface area contributed by atoms with Gasteiger partial charge in [-0.3, -0.25) is 4.90 Å². The Kier molecular flexibility index (Phi) is 4.99. The quantitative estimate of drug-likeness (QED) is 0.616. The normalized spacial score (nSPS) is 15.3. The van der Waals surface area contributed by atoms with E-state index in [1.807, 2.05) is 18.2 Å². The molecule has 1 aliphatic rings. The van der Waals surface area contributed by atoms with E-state index in [-0.39, 0.29) is 5.63 Å². The summed E-state index contributed by atoms with van der Waals surface area (Å²) in [7, 11) is 0. The van der Waals surface area contributed by atoms with Gasteiger partial charge in [0.1, 0.15) is 18.1 Å². The molecule has 140 valence electrons. The van der Waals surface area contributed by atoms with Crippen LogP contribution in [-0.2, 0) is 13.0 Å². The molecule has 2 heterocycles. The number of aryl methyl sites for hydroxylation is 1. The van der Waals surface area contributed by atoms with Gasteiger partial charge in [-0.25, -0.2) is 4.79 Å². The topological polar surface area (TPSA) is 42.7 Å². The first-order valence-corrected chi connectivity index (χ1v) is 9.64. The second kappa shape index (κ2) is 7.57. The highest BCUT2D eigenvalue weighted by atomic mass is 16.5. The summed E-state index contributed by atoms with van der Waals surface area (Å²) in [5, 5.41) is 1.02. The van der Waals surface area contributed by atoms with Crippen molar-refractivity contribution in [3.63, 3.8) is 0 Å². The van der Waals surface area contributed by atoms with E-state index in [2.05, 4.69) is 43.0 Å². The van der Waals surface area contributed by atoms with Gasteiger partial charge in [-0.15, -0.1) is 0 Å². The van der Waals surface area contributed by atoms with Crippen molar-refractivity contribution in [2.24, 2.45) is 0 Å². The Balaban J connectivity index is 1.65. The Hall–Kier alpha value is -2.59. The van der Waals surface area contributed by atoms with Crippen LogP contribution in [0.25, 0.3) is 11.0 Å². The number of fused-ring (bicyclic) bond motifs is 3. The predicted octanol–water partition coefficient (Wildman–Crippen LogP) is 4.70. The zero-order chi connectivity index (χ0) is 18.8. The molecule has 27 heavy (non-hydrogen) atoms. The maximum absolute atomic E-state index is 12.1. The molecule has 1 atom stereocenters. The summed E-state index contributed by atoms with van der Waals surface area (Å²) in [5.41, 5.74) is 3.75. The molecular formula is C23H25NO3. The smallest absolute Gasteiger partial charge is 0.336 e. The number of nitrogens with zero attached hydrogens (tertiary/aromatic N) is 1. The minimum atomic E-state index is -0.283. The van der Waals surface area contributed by atoms with Gasteiger partial charge in [0.25, 0.3) is 0 Å². The van der Waals surface area contributed by atoms with Crippen LogP contribution in [0.15, 0.2) is 57.7 Å². The van der Waals surface area contributed by atoms with Crippen molar-refractivity contribution >= 4 is 11.0 Å². The summed E-state index contributed by atoms with van der Waals surface area (Å²) in [5.74, 6) is 1.22. The molecule has 0 saturated carbocycles. The van der Waals surface area contributed by atoms with E-state index >= 15 is 0 Å². The summed E-state index contributed by atoms with van der Waals surface area (Å²) in [6.07, 6.45) is 1.86. The standard InChI is InChI=1S/C23H25NO3/c1-3-7-18-12-22(25)27-23-19(18)10-11-21-20(23)14-24(15-26-21)13-16(2)17-8-5-4-6-9-17/h4-6,8-12,16H,3,7,13-15H2,1-2H3/t16-/m0/s1. The minimum absolute atomic E-state index is 0.283. The molecular weight excluding hydrogens is 338 g/mol. The number of hydrogen-bond donors (Lipinski definition) is 0. The van der Waals surface area contributed by atoms with Gasteiger partial charge in [0.2, 0.25) is 0 Å². The molecule has 0 spiro atoms. The Morgan fingerprint density at radius 1 is 1.15 bits per heavy atom. The van der Waals surface area contributed by atoms with Crippen LogP contribution < -0.4 is 10.4 Å². The second-order valence-electron chi connectivity index (χ2n) is 7.36. The Labute approximate surface area is 159 Å². The van der Waals surface area contributed by atoms with Crippen molar-refractivity contribution < 1.29 is 9.15 Å². The van der Waals surface area contributed by atoms with Gasteiger partial charge in [0.05, 0.1) is 5.56 Å². The average molecular weight is 363 g/mol. The SMILES string of the molecule is CCCc1cc(=O)oc2c3c(ccc12)OCN(C[C@H](C)c1ccccc1)C3. The molecule has 1 aromatic heterocycles. The molecule has 4 rings (SSSR count). The summed E-state index contributed by atoms with van der Waals surface area (Å²) in [6.45, 7) is 6.51. The zero-order valence-corrected chi connectivity index (χ0v) is 15.9. The van der Waals surface area contributed by atoms with Crippen molar-refractivity contribution in [2.75, 3.05) is 13.3 Å². The third kappa shape index (κ3) is 3.62. The Bertz CT molecular complexity index is 994. The minimum Gasteiger partial charge on any atom is -0.478 e. The first-order valence-electron chi connectivity index (χ1n) is 9.64. The Morgan fingerprint density at radius 3 is 2.74 bits per heavy atom. The lowest BCUT2D eigenvalue weighted by molar-refractivity contribution is 0.0909. The lowest BCUT2D eigenvalue weighted by Crippen LogP contribution is -2.34. The highest BCUT2D eigenvalue weighted by Gasteiger charge is 2.23. The van der Waals surface area contributed by atoms with E-state index in [9.17, 15) is 4.79 Å². The molecule has 0 radical (unpaired) electrons. The summed E-state index contributed by atoms with van der Waals surface area (Å²) in [6, 6.07) is 16.2. The molecule has 0 unspecified atom stereocenters. The van der Waals surface area contributed by atoms with E-state index in [4.69, 9.17) is 9.15 Å². The van der Waals surface area contributed by atoms with Crippen molar-refractivity contribution in [1.29, 1.82) is 0 Å². The fraction of sp³-hybridized carbons (Fsp3) is 0.348. The van der Waals surface area contributed by atoms with E-state index in [1.54, 1.807) is 6.07 Å². The molecule has 0 fully saturated rings. The molecule has 0 aliphatic carbocycles. The van der Waals surface area contributed by atoms with Crippen molar-refractivity contribution in [3.05, 3.63) is 75.6 Å². The van der Waals surface area contributed by atoms with Crippen molar-refractivity contribution in [2.45, 2.75) is 39.2 Å². The maximum atomic E-state index is 12.1. The monoisotopic (exact) mass is 363 g/mol. The Morgan fingerprint density at radius 2 is 1.96 bits per heavy atom. The van der Waals surface area contributed by atoms with Crippen molar-refractivity contribution in [1.82, 2.24) is 4.90 Å². The molecule has 0 N–H and O–H groups in total. The van der Waals surface area contributed by atoms with Gasteiger partial charge in [0, 0.05) is 24.5 Å². The molecule has 0 amide bonds. The number of hydrogen-bond acceptors (Lipinski definition) is 4. The van der Waals surface area contributed by atoms with E-state index < -0.39 is 0 Å². The molecule has 1 aliphatic heterocycles. The first-order chi connectivity index (χ1) is 13.2. The number of rotatable bonds is 5. The molecule has 4 heteroatoms. The first kappa shape index (κ1) is 17.8. The van der Waals surface area contributed by atoms with Crippen LogP contribution in [-0.4, -0.2) is 18.2 Å². The number of ether oxygens (including phenoxy) is 1. The lowest BCUT2D eigenvalue weighted by atomic mass is 9.99. The summed E-state index contributed by atoms with van der Waals surface area (Å²) >= 11 is 0. The third-order valence-electron chi connectivity index (χ3n) is 5.26. The van der Waals surface area contributed by atoms with Crippen molar-refractivity contribution in [3.8, 4) is 5.75 Å². The fourth-order valence-corrected chi connectivity index (χ4v) is 3.91. The van der Waals surface area contributed by atoms with Gasteiger partial charge in [-0.2, -0.15) is 0 Å². The van der Waals surface area contributed by atoms with E-state index in [1.165, 1.54) is 5.56 Å². The van der Waals surface area contributed by atoms with Crippen LogP contribution in [0.5, 0.6) is 5.75 Å². The molecule has 4 nitrogen and oxygen atoms in total. The molecule has 0 bridgehead atoms. The van der Waals surface area contributed by atoms with Crippen LogP contribution in [0, 0.1) is 0 Å². The van der Waals surface area contributed by atoms with Crippen LogP contribution in [0.2, 0.25) is 0 Å². The fourth-order valence-electron chi connectivity index (χ4n) is 3.91. The molecule has 3 aromatic rings. The van der Waals surface area contributed by atoms with E-state index in [0.717, 1.165) is 48.2 Å². The van der Waals surface area contributed by atoms with Gasteiger partial charge < -0.3 is 9.15 Å². The molecule has 2 aromatic carbocycles. The third-order valence-corrected chi connectivity index (χ3v) is 5.26. The van der Waals surface area contributed by atoms with Crippen LogP contribution in [0.4, 0.5) is 0 Å². The molecule has 0 saturated heterocycles. The highest BCUT2D eigenvalue weighted by Crippen LogP contribution is 2.34. The van der Waals surface area contributed by atoms with Crippen LogP contribution in [0.3, 0.4) is 0 Å². The van der Waals surface area contributed by atoms with Gasteiger partial charge in [-0.05, 0) is 35.6 Å². The van der Waals surface area contributed by atoms with E-state index in [0.29, 0.717) is 18.2 Å². The summed E-state index contributed by atoms with van der Waals surface area (Å²) in [4.78, 5) is 14.4.